The van der Waals surface area contributed by atoms with Crippen LogP contribution in [-0.4, -0.2) is 16.2 Å². The van der Waals surface area contributed by atoms with Crippen molar-refractivity contribution in [3.05, 3.63) is 50.8 Å². The highest BCUT2D eigenvalue weighted by Gasteiger charge is 2.14. The van der Waals surface area contributed by atoms with Crippen molar-refractivity contribution < 1.29 is 14.4 Å². The number of nitro groups is 1. The van der Waals surface area contributed by atoms with Gasteiger partial charge in [-0.05, 0) is 31.5 Å². The zero-order valence-corrected chi connectivity index (χ0v) is 11.3. The first-order valence-corrected chi connectivity index (χ1v) is 5.95. The van der Waals surface area contributed by atoms with Gasteiger partial charge in [0.25, 0.3) is 0 Å². The molecule has 0 spiro atoms. The minimum atomic E-state index is -0.686. The molecule has 1 aromatic carbocycles. The van der Waals surface area contributed by atoms with Gasteiger partial charge in [0.2, 0.25) is 5.88 Å². The molecule has 0 saturated heterocycles. The molecular weight excluding hydrogens is 274 g/mol. The number of hydrogen-bond acceptors (Lipinski definition) is 6. The van der Waals surface area contributed by atoms with E-state index in [1.54, 1.807) is 13.8 Å². The molecule has 0 fully saturated rings. The van der Waals surface area contributed by atoms with Crippen LogP contribution in [-0.2, 0) is 0 Å². The summed E-state index contributed by atoms with van der Waals surface area (Å²) in [6, 6.07) is 5.88. The molecule has 0 amide bonds. The van der Waals surface area contributed by atoms with Gasteiger partial charge in [-0.15, -0.1) is 0 Å². The number of aliphatic imine (C=N–C) groups is 1. The standard InChI is InChI=1S/C14H11N3O4/c1-8-9(2)21-14(11(8)6-15)16-7-10-3-4-13(18)12(5-10)17(19)20/h3-5,7,18H,1-2H3. The van der Waals surface area contributed by atoms with Gasteiger partial charge >= 0.3 is 5.69 Å². The minimum absolute atomic E-state index is 0.156. The fourth-order valence-electron chi connectivity index (χ4n) is 1.73. The molecule has 7 nitrogen and oxygen atoms in total. The average Bonchev–Trinajstić information content (AvgIpc) is 2.72. The molecule has 1 N–H and O–H groups in total. The average molecular weight is 285 g/mol. The Hall–Kier alpha value is -3.14. The number of rotatable bonds is 3. The summed E-state index contributed by atoms with van der Waals surface area (Å²) in [5, 5.41) is 29.2. The van der Waals surface area contributed by atoms with Crippen molar-refractivity contribution in [1.82, 2.24) is 0 Å². The van der Waals surface area contributed by atoms with Gasteiger partial charge in [-0.2, -0.15) is 5.26 Å². The van der Waals surface area contributed by atoms with E-state index >= 15 is 0 Å². The Bertz CT molecular complexity index is 784. The highest BCUT2D eigenvalue weighted by molar-refractivity contribution is 5.83. The van der Waals surface area contributed by atoms with Crippen molar-refractivity contribution in [3.63, 3.8) is 0 Å². The van der Waals surface area contributed by atoms with Crippen molar-refractivity contribution in [2.75, 3.05) is 0 Å². The van der Waals surface area contributed by atoms with E-state index in [-0.39, 0.29) is 5.88 Å². The van der Waals surface area contributed by atoms with Crippen LogP contribution in [0.5, 0.6) is 5.75 Å². The van der Waals surface area contributed by atoms with Crippen molar-refractivity contribution in [3.8, 4) is 11.8 Å². The third-order valence-electron chi connectivity index (χ3n) is 3.01. The largest absolute Gasteiger partial charge is 0.502 e. The van der Waals surface area contributed by atoms with Gasteiger partial charge in [0.1, 0.15) is 17.4 Å². The number of nitrogens with zero attached hydrogens (tertiary/aromatic N) is 3. The second-order valence-electron chi connectivity index (χ2n) is 4.34. The highest BCUT2D eigenvalue weighted by Crippen LogP contribution is 2.29. The van der Waals surface area contributed by atoms with Gasteiger partial charge in [0, 0.05) is 17.8 Å². The first kappa shape index (κ1) is 14.3. The van der Waals surface area contributed by atoms with E-state index in [0.717, 1.165) is 0 Å². The molecule has 0 atom stereocenters. The monoisotopic (exact) mass is 285 g/mol. The van der Waals surface area contributed by atoms with E-state index in [2.05, 4.69) is 4.99 Å². The molecule has 0 aliphatic carbocycles. The minimum Gasteiger partial charge on any atom is -0.502 e. The van der Waals surface area contributed by atoms with Crippen LogP contribution in [0.15, 0.2) is 27.6 Å². The van der Waals surface area contributed by atoms with E-state index in [1.165, 1.54) is 24.4 Å². The second-order valence-corrected chi connectivity index (χ2v) is 4.34. The van der Waals surface area contributed by atoms with Gasteiger partial charge in [0.15, 0.2) is 5.75 Å². The van der Waals surface area contributed by atoms with Gasteiger partial charge < -0.3 is 9.52 Å². The molecule has 0 saturated carbocycles. The Kier molecular flexibility index (Phi) is 3.71. The highest BCUT2D eigenvalue weighted by atomic mass is 16.6. The van der Waals surface area contributed by atoms with Crippen molar-refractivity contribution >= 4 is 17.8 Å². The van der Waals surface area contributed by atoms with Crippen LogP contribution in [0.2, 0.25) is 0 Å². The number of nitriles is 1. The molecule has 0 bridgehead atoms. The summed E-state index contributed by atoms with van der Waals surface area (Å²) in [5.74, 6) is 0.332. The van der Waals surface area contributed by atoms with Crippen LogP contribution in [0.4, 0.5) is 11.6 Å². The van der Waals surface area contributed by atoms with E-state index in [9.17, 15) is 15.2 Å². The lowest BCUT2D eigenvalue weighted by Crippen LogP contribution is -1.90. The fourth-order valence-corrected chi connectivity index (χ4v) is 1.73. The normalized spacial score (nSPS) is 10.7. The van der Waals surface area contributed by atoms with Crippen LogP contribution in [0.1, 0.15) is 22.5 Å². The number of aromatic hydroxyl groups is 1. The summed E-state index contributed by atoms with van der Waals surface area (Å²) < 4.78 is 5.36. The van der Waals surface area contributed by atoms with Gasteiger partial charge in [-0.1, -0.05) is 0 Å². The topological polar surface area (TPSA) is 113 Å². The maximum absolute atomic E-state index is 10.7. The molecule has 106 valence electrons. The quantitative estimate of drug-likeness (QED) is 0.528. The predicted molar refractivity (Wildman–Crippen MR) is 74.9 cm³/mol. The third kappa shape index (κ3) is 2.74. The lowest BCUT2D eigenvalue weighted by molar-refractivity contribution is -0.385. The van der Waals surface area contributed by atoms with E-state index in [1.807, 2.05) is 6.07 Å². The number of phenols is 1. The SMILES string of the molecule is Cc1oc(N=Cc2ccc(O)c([N+](=O)[O-])c2)c(C#N)c1C. The number of hydrogen-bond donors (Lipinski definition) is 1. The molecule has 0 aliphatic heterocycles. The van der Waals surface area contributed by atoms with Gasteiger partial charge in [-0.25, -0.2) is 4.99 Å². The Morgan fingerprint density at radius 3 is 2.81 bits per heavy atom. The van der Waals surface area contributed by atoms with Crippen molar-refractivity contribution in [2.45, 2.75) is 13.8 Å². The summed E-state index contributed by atoms with van der Waals surface area (Å²) in [6.45, 7) is 3.47. The summed E-state index contributed by atoms with van der Waals surface area (Å²) in [6.07, 6.45) is 1.34. The number of benzene rings is 1. The van der Waals surface area contributed by atoms with Gasteiger partial charge in [-0.3, -0.25) is 10.1 Å². The second kappa shape index (κ2) is 5.46. The first-order chi connectivity index (χ1) is 9.93. The summed E-state index contributed by atoms with van der Waals surface area (Å²) in [4.78, 5) is 14.1. The molecule has 0 radical (unpaired) electrons. The molecular formula is C14H11N3O4. The molecule has 21 heavy (non-hydrogen) atoms. The lowest BCUT2D eigenvalue weighted by atomic mass is 10.2. The van der Waals surface area contributed by atoms with Crippen molar-refractivity contribution in [2.24, 2.45) is 4.99 Å². The molecule has 2 aromatic rings. The summed E-state index contributed by atoms with van der Waals surface area (Å²) in [5.41, 5.74) is 1.04. The number of phenolic OH excluding ortho intramolecular Hbond substituents is 1. The number of furan rings is 1. The number of aryl methyl sites for hydroxylation is 1. The zero-order chi connectivity index (χ0) is 15.6. The lowest BCUT2D eigenvalue weighted by Gasteiger charge is -1.97. The predicted octanol–water partition coefficient (Wildman–Crippen LogP) is 3.13. The van der Waals surface area contributed by atoms with E-state index in [0.29, 0.717) is 22.5 Å². The van der Waals surface area contributed by atoms with Crippen molar-refractivity contribution in [1.29, 1.82) is 5.26 Å². The van der Waals surface area contributed by atoms with Crippen LogP contribution in [0.25, 0.3) is 0 Å². The van der Waals surface area contributed by atoms with E-state index in [4.69, 9.17) is 9.68 Å². The van der Waals surface area contributed by atoms with Crippen LogP contribution < -0.4 is 0 Å². The Morgan fingerprint density at radius 1 is 1.48 bits per heavy atom. The molecule has 1 aromatic heterocycles. The molecule has 2 rings (SSSR count). The maximum atomic E-state index is 10.7. The third-order valence-corrected chi connectivity index (χ3v) is 3.01. The van der Waals surface area contributed by atoms with Crippen LogP contribution in [0.3, 0.4) is 0 Å². The van der Waals surface area contributed by atoms with Crippen LogP contribution >= 0.6 is 0 Å². The molecule has 0 aliphatic rings. The fraction of sp³-hybridized carbons (Fsp3) is 0.143. The smallest absolute Gasteiger partial charge is 0.311 e. The Labute approximate surface area is 119 Å². The number of nitro benzene ring substituents is 1. The summed E-state index contributed by atoms with van der Waals surface area (Å²) >= 11 is 0. The van der Waals surface area contributed by atoms with Gasteiger partial charge in [0.05, 0.1) is 4.92 Å². The zero-order valence-electron chi connectivity index (χ0n) is 11.3. The maximum Gasteiger partial charge on any atom is 0.311 e. The Morgan fingerprint density at radius 2 is 2.19 bits per heavy atom. The summed E-state index contributed by atoms with van der Waals surface area (Å²) in [7, 11) is 0. The Balaban J connectivity index is 2.39. The first-order valence-electron chi connectivity index (χ1n) is 5.95. The molecule has 0 unspecified atom stereocenters. The molecule has 7 heteroatoms. The molecule has 1 heterocycles. The van der Waals surface area contributed by atoms with E-state index < -0.39 is 16.4 Å². The van der Waals surface area contributed by atoms with Crippen LogP contribution in [0, 0.1) is 35.3 Å².